The van der Waals surface area contributed by atoms with Crippen molar-refractivity contribution in [2.45, 2.75) is 32.9 Å². The molecule has 0 aliphatic heterocycles. The van der Waals surface area contributed by atoms with Gasteiger partial charge in [-0.3, -0.25) is 0 Å². The summed E-state index contributed by atoms with van der Waals surface area (Å²) >= 11 is 0. The van der Waals surface area contributed by atoms with Crippen LogP contribution in [0.2, 0.25) is 0 Å². The third kappa shape index (κ3) is 3.65. The lowest BCUT2D eigenvalue weighted by Gasteiger charge is -2.33. The minimum absolute atomic E-state index is 0.116. The minimum Gasteiger partial charge on any atom is -0.483 e. The smallest absolute Gasteiger partial charge is 0.167 e. The van der Waals surface area contributed by atoms with Crippen molar-refractivity contribution in [3.8, 4) is 5.75 Å². The fourth-order valence-corrected chi connectivity index (χ4v) is 1.52. The van der Waals surface area contributed by atoms with Gasteiger partial charge in [0.15, 0.2) is 11.6 Å². The standard InChI is InChI=1S/C13H19F2NO2/c1-13(2,3)12(16)11(7-17)18-10-5-4-8(14)6-9(10)15/h4-6,11-12,17H,7,16H2,1-3H3. The van der Waals surface area contributed by atoms with Crippen molar-refractivity contribution >= 4 is 0 Å². The zero-order valence-electron chi connectivity index (χ0n) is 10.8. The lowest BCUT2D eigenvalue weighted by Crippen LogP contribution is -2.49. The molecule has 0 aliphatic carbocycles. The molecule has 0 aliphatic rings. The van der Waals surface area contributed by atoms with Gasteiger partial charge in [0.2, 0.25) is 0 Å². The van der Waals surface area contributed by atoms with Crippen molar-refractivity contribution in [1.29, 1.82) is 0 Å². The molecule has 0 fully saturated rings. The number of benzene rings is 1. The predicted molar refractivity (Wildman–Crippen MR) is 65.3 cm³/mol. The van der Waals surface area contributed by atoms with Crippen molar-refractivity contribution in [2.24, 2.45) is 11.1 Å². The van der Waals surface area contributed by atoms with Gasteiger partial charge >= 0.3 is 0 Å². The first-order valence-corrected chi connectivity index (χ1v) is 5.74. The molecule has 2 unspecified atom stereocenters. The van der Waals surface area contributed by atoms with Gasteiger partial charge in [-0.2, -0.15) is 0 Å². The van der Waals surface area contributed by atoms with Crippen LogP contribution in [-0.4, -0.2) is 23.9 Å². The normalized spacial score (nSPS) is 15.3. The van der Waals surface area contributed by atoms with E-state index < -0.39 is 23.8 Å². The summed E-state index contributed by atoms with van der Waals surface area (Å²) in [6.07, 6.45) is -0.745. The van der Waals surface area contributed by atoms with E-state index in [1.807, 2.05) is 20.8 Å². The Hall–Kier alpha value is -1.20. The van der Waals surface area contributed by atoms with Crippen LogP contribution in [0.3, 0.4) is 0 Å². The molecule has 5 heteroatoms. The number of aliphatic hydroxyl groups is 1. The maximum absolute atomic E-state index is 13.4. The summed E-state index contributed by atoms with van der Waals surface area (Å²) < 4.78 is 31.5. The Labute approximate surface area is 106 Å². The van der Waals surface area contributed by atoms with Gasteiger partial charge in [-0.25, -0.2) is 8.78 Å². The van der Waals surface area contributed by atoms with Crippen molar-refractivity contribution in [1.82, 2.24) is 0 Å². The van der Waals surface area contributed by atoms with Crippen LogP contribution in [0.5, 0.6) is 5.75 Å². The molecule has 0 radical (unpaired) electrons. The Morgan fingerprint density at radius 2 is 1.94 bits per heavy atom. The average Bonchev–Trinajstić information content (AvgIpc) is 2.26. The van der Waals surface area contributed by atoms with Crippen molar-refractivity contribution in [2.75, 3.05) is 6.61 Å². The van der Waals surface area contributed by atoms with Crippen LogP contribution >= 0.6 is 0 Å². The Kier molecular flexibility index (Phi) is 4.65. The van der Waals surface area contributed by atoms with Crippen molar-refractivity contribution < 1.29 is 18.6 Å². The van der Waals surface area contributed by atoms with Crippen LogP contribution in [0.4, 0.5) is 8.78 Å². The summed E-state index contributed by atoms with van der Waals surface area (Å²) in [6.45, 7) is 5.34. The number of halogens is 2. The maximum atomic E-state index is 13.4. The zero-order valence-corrected chi connectivity index (χ0v) is 10.8. The third-order valence-electron chi connectivity index (χ3n) is 2.75. The third-order valence-corrected chi connectivity index (χ3v) is 2.75. The molecule has 1 aromatic carbocycles. The van der Waals surface area contributed by atoms with Gasteiger partial charge in [-0.05, 0) is 17.5 Å². The van der Waals surface area contributed by atoms with E-state index in [0.717, 1.165) is 12.1 Å². The molecular weight excluding hydrogens is 240 g/mol. The molecule has 1 aromatic rings. The van der Waals surface area contributed by atoms with E-state index in [2.05, 4.69) is 0 Å². The van der Waals surface area contributed by atoms with Gasteiger partial charge in [-0.15, -0.1) is 0 Å². The summed E-state index contributed by atoms with van der Waals surface area (Å²) in [5.41, 5.74) is 5.65. The first-order valence-electron chi connectivity index (χ1n) is 5.74. The SMILES string of the molecule is CC(C)(C)C(N)C(CO)Oc1ccc(F)cc1F. The summed E-state index contributed by atoms with van der Waals surface area (Å²) in [4.78, 5) is 0. The Morgan fingerprint density at radius 3 is 2.39 bits per heavy atom. The molecule has 0 amide bonds. The second kappa shape index (κ2) is 5.63. The lowest BCUT2D eigenvalue weighted by molar-refractivity contribution is 0.0562. The van der Waals surface area contributed by atoms with Gasteiger partial charge in [-0.1, -0.05) is 20.8 Å². The highest BCUT2D eigenvalue weighted by molar-refractivity contribution is 5.25. The van der Waals surface area contributed by atoms with Crippen LogP contribution in [0, 0.1) is 17.0 Å². The number of ether oxygens (including phenoxy) is 1. The second-order valence-corrected chi connectivity index (χ2v) is 5.31. The zero-order chi connectivity index (χ0) is 13.9. The van der Waals surface area contributed by atoms with E-state index in [1.54, 1.807) is 0 Å². The lowest BCUT2D eigenvalue weighted by atomic mass is 9.84. The molecule has 0 bridgehead atoms. The predicted octanol–water partition coefficient (Wildman–Crippen LogP) is 2.08. The molecule has 2 atom stereocenters. The fraction of sp³-hybridized carbons (Fsp3) is 0.538. The van der Waals surface area contributed by atoms with Gasteiger partial charge in [0, 0.05) is 12.1 Å². The quantitative estimate of drug-likeness (QED) is 0.870. The highest BCUT2D eigenvalue weighted by atomic mass is 19.1. The maximum Gasteiger partial charge on any atom is 0.167 e. The summed E-state index contributed by atoms with van der Waals surface area (Å²) in [7, 11) is 0. The molecule has 0 saturated heterocycles. The van der Waals surface area contributed by atoms with Crippen LogP contribution in [-0.2, 0) is 0 Å². The van der Waals surface area contributed by atoms with E-state index in [-0.39, 0.29) is 17.8 Å². The molecule has 0 aromatic heterocycles. The number of nitrogens with two attached hydrogens (primary N) is 1. The first kappa shape index (κ1) is 14.9. The molecule has 3 N–H and O–H groups in total. The first-order chi connectivity index (χ1) is 8.25. The van der Waals surface area contributed by atoms with Crippen molar-refractivity contribution in [3.63, 3.8) is 0 Å². The van der Waals surface area contributed by atoms with E-state index >= 15 is 0 Å². The average molecular weight is 259 g/mol. The monoisotopic (exact) mass is 259 g/mol. The molecule has 0 heterocycles. The minimum atomic E-state index is -0.811. The number of rotatable bonds is 4. The molecule has 1 rings (SSSR count). The summed E-state index contributed by atoms with van der Waals surface area (Å²) in [5.74, 6) is -1.61. The van der Waals surface area contributed by atoms with Crippen molar-refractivity contribution in [3.05, 3.63) is 29.8 Å². The van der Waals surface area contributed by atoms with E-state index in [1.165, 1.54) is 6.07 Å². The number of hydrogen-bond donors (Lipinski definition) is 2. The van der Waals surface area contributed by atoms with Crippen LogP contribution in [0.1, 0.15) is 20.8 Å². The molecule has 0 spiro atoms. The number of hydrogen-bond acceptors (Lipinski definition) is 3. The largest absolute Gasteiger partial charge is 0.483 e. The fourth-order valence-electron chi connectivity index (χ4n) is 1.52. The Bertz CT molecular complexity index is 404. The van der Waals surface area contributed by atoms with E-state index in [0.29, 0.717) is 0 Å². The molecule has 3 nitrogen and oxygen atoms in total. The summed E-state index contributed by atoms with van der Waals surface area (Å²) in [6, 6.07) is 2.52. The van der Waals surface area contributed by atoms with Gasteiger partial charge in [0.1, 0.15) is 11.9 Å². The second-order valence-electron chi connectivity index (χ2n) is 5.31. The molecule has 18 heavy (non-hydrogen) atoms. The van der Waals surface area contributed by atoms with E-state index in [4.69, 9.17) is 10.5 Å². The van der Waals surface area contributed by atoms with Crippen LogP contribution in [0.25, 0.3) is 0 Å². The summed E-state index contributed by atoms with van der Waals surface area (Å²) in [5, 5.41) is 9.27. The molecular formula is C13H19F2NO2. The van der Waals surface area contributed by atoms with Crippen LogP contribution < -0.4 is 10.5 Å². The highest BCUT2D eigenvalue weighted by Gasteiger charge is 2.30. The van der Waals surface area contributed by atoms with Gasteiger partial charge in [0.05, 0.1) is 6.61 Å². The Morgan fingerprint density at radius 1 is 1.33 bits per heavy atom. The molecule has 0 saturated carbocycles. The Balaban J connectivity index is 2.86. The van der Waals surface area contributed by atoms with Gasteiger partial charge < -0.3 is 15.6 Å². The highest BCUT2D eigenvalue weighted by Crippen LogP contribution is 2.25. The van der Waals surface area contributed by atoms with E-state index in [9.17, 15) is 13.9 Å². The van der Waals surface area contributed by atoms with Crippen LogP contribution in [0.15, 0.2) is 18.2 Å². The molecule has 102 valence electrons. The topological polar surface area (TPSA) is 55.5 Å². The number of aliphatic hydroxyl groups excluding tert-OH is 1. The van der Waals surface area contributed by atoms with Gasteiger partial charge in [0.25, 0.3) is 0 Å².